The molecule has 0 aliphatic heterocycles. The molecule has 0 saturated heterocycles. The molecule has 2 aromatic rings. The fourth-order valence-corrected chi connectivity index (χ4v) is 2.34. The van der Waals surface area contributed by atoms with Gasteiger partial charge in [0.1, 0.15) is 11.0 Å². The number of nitrogens with zero attached hydrogens (tertiary/aromatic N) is 1. The molecule has 22 heavy (non-hydrogen) atoms. The summed E-state index contributed by atoms with van der Waals surface area (Å²) < 4.78 is 16.0. The van der Waals surface area contributed by atoms with E-state index in [-0.39, 0.29) is 4.75 Å². The number of benzene rings is 2. The summed E-state index contributed by atoms with van der Waals surface area (Å²) in [4.78, 5) is 0. The van der Waals surface area contributed by atoms with Gasteiger partial charge in [0.05, 0.1) is 4.75 Å². The maximum absolute atomic E-state index is 12.1. The first-order chi connectivity index (χ1) is 10.5. The quantitative estimate of drug-likeness (QED) is 0.591. The monoisotopic (exact) mass is 311 g/mol. The standard InChI is InChI=1S/C19H21NOS/c1-19(2,3)22(21)20-15-18(17-12-8-5-9-13-17)14-16-10-6-4-7-11-16/h4-15H,1-3H3/b18-14-,20-15+/t22-/m1/s1. The van der Waals surface area contributed by atoms with Gasteiger partial charge in [0.15, 0.2) is 0 Å². The topological polar surface area (TPSA) is 29.4 Å². The molecule has 0 aliphatic carbocycles. The van der Waals surface area contributed by atoms with Gasteiger partial charge < -0.3 is 0 Å². The highest BCUT2D eigenvalue weighted by molar-refractivity contribution is 7.85. The predicted molar refractivity (Wildman–Crippen MR) is 97.1 cm³/mol. The first-order valence-electron chi connectivity index (χ1n) is 7.25. The van der Waals surface area contributed by atoms with Crippen molar-refractivity contribution in [2.45, 2.75) is 25.5 Å². The number of hydrogen-bond acceptors (Lipinski definition) is 1. The molecule has 2 aromatic carbocycles. The lowest BCUT2D eigenvalue weighted by atomic mass is 10.0. The zero-order valence-corrected chi connectivity index (χ0v) is 14.0. The molecule has 2 nitrogen and oxygen atoms in total. The van der Waals surface area contributed by atoms with Crippen molar-refractivity contribution in [3.05, 3.63) is 71.8 Å². The SMILES string of the molecule is CC(C)(C)[S@@](=O)/N=C/C(=C/c1ccccc1)c1ccccc1. The Hall–Kier alpha value is -2.00. The molecule has 0 heterocycles. The summed E-state index contributed by atoms with van der Waals surface area (Å²) in [6.45, 7) is 5.76. The van der Waals surface area contributed by atoms with Crippen LogP contribution in [0.2, 0.25) is 0 Å². The zero-order chi connectivity index (χ0) is 16.0. The largest absolute Gasteiger partial charge is 0.234 e. The normalized spacial score (nSPS) is 14.2. The van der Waals surface area contributed by atoms with Crippen LogP contribution in [0.1, 0.15) is 31.9 Å². The van der Waals surface area contributed by atoms with Gasteiger partial charge in [0, 0.05) is 11.8 Å². The number of rotatable bonds is 4. The molecule has 0 bridgehead atoms. The van der Waals surface area contributed by atoms with E-state index >= 15 is 0 Å². The summed E-state index contributed by atoms with van der Waals surface area (Å²) in [5, 5.41) is 0. The fourth-order valence-electron chi connectivity index (χ4n) is 1.82. The summed E-state index contributed by atoms with van der Waals surface area (Å²) in [6.07, 6.45) is 3.77. The summed E-state index contributed by atoms with van der Waals surface area (Å²) in [6, 6.07) is 20.1. The van der Waals surface area contributed by atoms with E-state index in [0.29, 0.717) is 0 Å². The van der Waals surface area contributed by atoms with Gasteiger partial charge >= 0.3 is 0 Å². The van der Waals surface area contributed by atoms with Gasteiger partial charge in [0.25, 0.3) is 0 Å². The van der Waals surface area contributed by atoms with Gasteiger partial charge in [-0.15, -0.1) is 0 Å². The Bertz CT molecular complexity index is 682. The van der Waals surface area contributed by atoms with E-state index < -0.39 is 11.0 Å². The second-order valence-corrected chi connectivity index (χ2v) is 7.91. The van der Waals surface area contributed by atoms with E-state index in [2.05, 4.69) is 10.5 Å². The second kappa shape index (κ2) is 7.32. The van der Waals surface area contributed by atoms with Crippen LogP contribution in [0.15, 0.2) is 65.1 Å². The molecule has 3 heteroatoms. The van der Waals surface area contributed by atoms with E-state index in [4.69, 9.17) is 0 Å². The van der Waals surface area contributed by atoms with Crippen LogP contribution in [-0.2, 0) is 11.0 Å². The van der Waals surface area contributed by atoms with Crippen LogP contribution >= 0.6 is 0 Å². The molecule has 0 aromatic heterocycles. The molecule has 2 rings (SSSR count). The maximum Gasteiger partial charge on any atom is 0.144 e. The molecule has 1 atom stereocenters. The van der Waals surface area contributed by atoms with Crippen LogP contribution in [0, 0.1) is 0 Å². The predicted octanol–water partition coefficient (Wildman–Crippen LogP) is 4.76. The third-order valence-corrected chi connectivity index (χ3v) is 4.38. The third kappa shape index (κ3) is 4.78. The maximum atomic E-state index is 12.1. The van der Waals surface area contributed by atoms with Gasteiger partial charge in [-0.25, -0.2) is 4.21 Å². The molecule has 0 aliphatic rings. The minimum Gasteiger partial charge on any atom is -0.234 e. The Morgan fingerprint density at radius 2 is 1.50 bits per heavy atom. The van der Waals surface area contributed by atoms with Crippen LogP contribution in [0.3, 0.4) is 0 Å². The highest BCUT2D eigenvalue weighted by Gasteiger charge is 2.18. The number of allylic oxidation sites excluding steroid dienone is 1. The summed E-state index contributed by atoms with van der Waals surface area (Å²) in [5.74, 6) is 0. The third-order valence-electron chi connectivity index (χ3n) is 3.04. The Morgan fingerprint density at radius 3 is 2.05 bits per heavy atom. The van der Waals surface area contributed by atoms with Gasteiger partial charge in [-0.05, 0) is 38.0 Å². The lowest BCUT2D eigenvalue weighted by Crippen LogP contribution is -2.19. The van der Waals surface area contributed by atoms with Gasteiger partial charge in [0.2, 0.25) is 0 Å². The molecule has 0 unspecified atom stereocenters. The summed E-state index contributed by atoms with van der Waals surface area (Å²) >= 11 is 0. The zero-order valence-electron chi connectivity index (χ0n) is 13.2. The smallest absolute Gasteiger partial charge is 0.144 e. The molecule has 0 saturated carbocycles. The van der Waals surface area contributed by atoms with Crippen molar-refractivity contribution in [2.24, 2.45) is 4.40 Å². The first-order valence-corrected chi connectivity index (χ1v) is 8.36. The molecular formula is C19H21NOS. The van der Waals surface area contributed by atoms with E-state index in [0.717, 1.165) is 16.7 Å². The Labute approximate surface area is 135 Å². The van der Waals surface area contributed by atoms with Crippen LogP contribution in [0.25, 0.3) is 11.6 Å². The molecule has 0 spiro atoms. The Morgan fingerprint density at radius 1 is 0.955 bits per heavy atom. The summed E-state index contributed by atoms with van der Waals surface area (Å²) in [7, 11) is -1.26. The van der Waals surface area contributed by atoms with E-state index in [9.17, 15) is 4.21 Å². The van der Waals surface area contributed by atoms with Crippen molar-refractivity contribution < 1.29 is 4.21 Å². The highest BCUT2D eigenvalue weighted by atomic mass is 32.2. The molecular weight excluding hydrogens is 290 g/mol. The van der Waals surface area contributed by atoms with Crippen LogP contribution in [-0.4, -0.2) is 15.2 Å². The van der Waals surface area contributed by atoms with Crippen molar-refractivity contribution in [3.63, 3.8) is 0 Å². The van der Waals surface area contributed by atoms with Crippen LogP contribution in [0.4, 0.5) is 0 Å². The van der Waals surface area contributed by atoms with E-state index in [1.807, 2.05) is 81.4 Å². The van der Waals surface area contributed by atoms with Crippen molar-refractivity contribution >= 4 is 28.8 Å². The molecule has 0 amide bonds. The summed E-state index contributed by atoms with van der Waals surface area (Å²) in [5.41, 5.74) is 3.10. The van der Waals surface area contributed by atoms with Crippen molar-refractivity contribution in [3.8, 4) is 0 Å². The lowest BCUT2D eigenvalue weighted by molar-refractivity contribution is 0.651. The van der Waals surface area contributed by atoms with Gasteiger partial charge in [-0.1, -0.05) is 60.7 Å². The van der Waals surface area contributed by atoms with E-state index in [1.54, 1.807) is 6.21 Å². The first kappa shape index (κ1) is 16.4. The molecule has 0 fully saturated rings. The Kier molecular flexibility index (Phi) is 5.45. The Balaban J connectivity index is 2.37. The van der Waals surface area contributed by atoms with Crippen molar-refractivity contribution in [2.75, 3.05) is 0 Å². The highest BCUT2D eigenvalue weighted by Crippen LogP contribution is 2.18. The average Bonchev–Trinajstić information content (AvgIpc) is 2.52. The minimum atomic E-state index is -1.26. The van der Waals surface area contributed by atoms with Gasteiger partial charge in [-0.2, -0.15) is 4.40 Å². The van der Waals surface area contributed by atoms with E-state index in [1.165, 1.54) is 0 Å². The average molecular weight is 311 g/mol. The molecule has 114 valence electrons. The van der Waals surface area contributed by atoms with Gasteiger partial charge in [-0.3, -0.25) is 0 Å². The number of hydrogen-bond donors (Lipinski definition) is 0. The van der Waals surface area contributed by atoms with Crippen molar-refractivity contribution in [1.29, 1.82) is 0 Å². The second-order valence-electron chi connectivity index (χ2n) is 5.97. The van der Waals surface area contributed by atoms with Crippen molar-refractivity contribution in [1.82, 2.24) is 0 Å². The minimum absolute atomic E-state index is 0.356. The molecule has 0 radical (unpaired) electrons. The van der Waals surface area contributed by atoms with Crippen LogP contribution < -0.4 is 0 Å². The fraction of sp³-hybridized carbons (Fsp3) is 0.211. The lowest BCUT2D eigenvalue weighted by Gasteiger charge is -2.13. The van der Waals surface area contributed by atoms with Crippen LogP contribution in [0.5, 0.6) is 0 Å². The molecule has 0 N–H and O–H groups in total.